The average Bonchev–Trinajstić information content (AvgIpc) is 3.24. The van der Waals surface area contributed by atoms with E-state index in [2.05, 4.69) is 10.6 Å². The molecule has 0 bridgehead atoms. The van der Waals surface area contributed by atoms with Crippen LogP contribution < -0.4 is 15.4 Å². The van der Waals surface area contributed by atoms with Gasteiger partial charge in [-0.05, 0) is 44.2 Å². The van der Waals surface area contributed by atoms with Gasteiger partial charge in [-0.15, -0.1) is 0 Å². The normalized spacial score (nSPS) is 13.8. The zero-order valence-corrected chi connectivity index (χ0v) is 13.2. The molecule has 1 fully saturated rings. The summed E-state index contributed by atoms with van der Waals surface area (Å²) in [5.74, 6) is 0.401. The number of benzene rings is 1. The Balaban J connectivity index is 1.60. The van der Waals surface area contributed by atoms with Gasteiger partial charge in [-0.25, -0.2) is 4.79 Å². The highest BCUT2D eigenvalue weighted by Crippen LogP contribution is 2.18. The fourth-order valence-corrected chi connectivity index (χ4v) is 1.92. The van der Waals surface area contributed by atoms with Gasteiger partial charge < -0.3 is 10.1 Å². The van der Waals surface area contributed by atoms with Crippen LogP contribution in [0.5, 0.6) is 5.75 Å². The lowest BCUT2D eigenvalue weighted by Crippen LogP contribution is -2.44. The van der Waals surface area contributed by atoms with Gasteiger partial charge in [0.1, 0.15) is 12.4 Å². The smallest absolute Gasteiger partial charge is 0.321 e. The van der Waals surface area contributed by atoms with E-state index in [0.29, 0.717) is 18.2 Å². The van der Waals surface area contributed by atoms with Crippen molar-refractivity contribution in [2.75, 3.05) is 26.7 Å². The highest BCUT2D eigenvalue weighted by atomic mass is 35.5. The Bertz CT molecular complexity index is 517. The number of imide groups is 1. The first kappa shape index (κ1) is 16.6. The minimum atomic E-state index is -0.418. The van der Waals surface area contributed by atoms with Crippen LogP contribution in [0.15, 0.2) is 24.3 Å². The first-order chi connectivity index (χ1) is 10.5. The Morgan fingerprint density at radius 1 is 1.32 bits per heavy atom. The van der Waals surface area contributed by atoms with E-state index in [9.17, 15) is 9.59 Å². The van der Waals surface area contributed by atoms with E-state index >= 15 is 0 Å². The molecule has 7 heteroatoms. The average molecular weight is 326 g/mol. The van der Waals surface area contributed by atoms with Gasteiger partial charge >= 0.3 is 6.03 Å². The first-order valence-electron chi connectivity index (χ1n) is 7.20. The molecule has 0 unspecified atom stereocenters. The number of carbonyl (C=O) groups excluding carboxylic acids is 2. The topological polar surface area (TPSA) is 70.7 Å². The van der Waals surface area contributed by atoms with E-state index in [1.54, 1.807) is 36.2 Å². The Morgan fingerprint density at radius 2 is 2.00 bits per heavy atom. The van der Waals surface area contributed by atoms with Crippen LogP contribution in [0.2, 0.25) is 5.02 Å². The molecule has 3 amide bonds. The van der Waals surface area contributed by atoms with Gasteiger partial charge in [0, 0.05) is 17.6 Å². The number of nitrogens with one attached hydrogen (secondary N) is 2. The van der Waals surface area contributed by atoms with Gasteiger partial charge in [0.25, 0.3) is 0 Å². The Kier molecular flexibility index (Phi) is 6.03. The Hall–Kier alpha value is -1.79. The van der Waals surface area contributed by atoms with Crippen molar-refractivity contribution in [2.45, 2.75) is 18.9 Å². The van der Waals surface area contributed by atoms with Crippen LogP contribution in [-0.2, 0) is 4.79 Å². The van der Waals surface area contributed by atoms with Crippen LogP contribution in [0.1, 0.15) is 12.8 Å². The van der Waals surface area contributed by atoms with Gasteiger partial charge in [-0.3, -0.25) is 15.0 Å². The quantitative estimate of drug-likeness (QED) is 0.799. The molecule has 1 aromatic rings. The van der Waals surface area contributed by atoms with Crippen LogP contribution in [0.4, 0.5) is 4.79 Å². The highest BCUT2D eigenvalue weighted by molar-refractivity contribution is 6.30. The van der Waals surface area contributed by atoms with Crippen LogP contribution in [0, 0.1) is 0 Å². The number of ether oxygens (including phenoxy) is 1. The molecule has 0 heterocycles. The second kappa shape index (κ2) is 8.00. The number of urea groups is 1. The van der Waals surface area contributed by atoms with E-state index in [1.165, 1.54) is 0 Å². The maximum Gasteiger partial charge on any atom is 0.321 e. The molecule has 6 nitrogen and oxygen atoms in total. The molecular weight excluding hydrogens is 306 g/mol. The largest absolute Gasteiger partial charge is 0.492 e. The molecule has 0 atom stereocenters. The standard InChI is InChI=1S/C15H20ClN3O3/c1-19(8-9-22-13-6-2-11(16)3-7-13)10-14(20)18-15(21)17-12-4-5-12/h2-3,6-7,12H,4-5,8-10H2,1H3,(H2,17,18,20,21). The summed E-state index contributed by atoms with van der Waals surface area (Å²) in [6.45, 7) is 1.15. The molecular formula is C15H20ClN3O3. The van der Waals surface area contributed by atoms with E-state index in [0.717, 1.165) is 18.6 Å². The van der Waals surface area contributed by atoms with Crippen molar-refractivity contribution in [3.8, 4) is 5.75 Å². The van der Waals surface area contributed by atoms with Crippen molar-refractivity contribution in [1.29, 1.82) is 0 Å². The lowest BCUT2D eigenvalue weighted by molar-refractivity contribution is -0.120. The number of hydrogen-bond donors (Lipinski definition) is 2. The van der Waals surface area contributed by atoms with Crippen LogP contribution in [0.25, 0.3) is 0 Å². The zero-order valence-electron chi connectivity index (χ0n) is 12.5. The van der Waals surface area contributed by atoms with Crippen molar-refractivity contribution < 1.29 is 14.3 Å². The summed E-state index contributed by atoms with van der Waals surface area (Å²) in [5, 5.41) is 5.67. The van der Waals surface area contributed by atoms with E-state index in [1.807, 2.05) is 0 Å². The molecule has 0 aromatic heterocycles. The zero-order chi connectivity index (χ0) is 15.9. The molecule has 1 saturated carbocycles. The molecule has 0 aliphatic heterocycles. The molecule has 22 heavy (non-hydrogen) atoms. The van der Waals surface area contributed by atoms with Crippen LogP contribution in [0.3, 0.4) is 0 Å². The monoisotopic (exact) mass is 325 g/mol. The van der Waals surface area contributed by atoms with Crippen molar-refractivity contribution in [1.82, 2.24) is 15.5 Å². The minimum Gasteiger partial charge on any atom is -0.492 e. The van der Waals surface area contributed by atoms with Gasteiger partial charge in [0.05, 0.1) is 6.54 Å². The van der Waals surface area contributed by atoms with Gasteiger partial charge in [-0.2, -0.15) is 0 Å². The number of amides is 3. The Morgan fingerprint density at radius 3 is 2.64 bits per heavy atom. The Labute approximate surface area is 134 Å². The maximum absolute atomic E-state index is 11.7. The number of carbonyl (C=O) groups is 2. The fraction of sp³-hybridized carbons (Fsp3) is 0.467. The SMILES string of the molecule is CN(CCOc1ccc(Cl)cc1)CC(=O)NC(=O)NC1CC1. The second-order valence-electron chi connectivity index (χ2n) is 5.34. The molecule has 1 aromatic carbocycles. The third-order valence-electron chi connectivity index (χ3n) is 3.13. The molecule has 1 aliphatic rings. The summed E-state index contributed by atoms with van der Waals surface area (Å²) in [7, 11) is 1.80. The molecule has 2 N–H and O–H groups in total. The summed E-state index contributed by atoms with van der Waals surface area (Å²) in [4.78, 5) is 24.9. The minimum absolute atomic E-state index is 0.141. The molecule has 2 rings (SSSR count). The van der Waals surface area contributed by atoms with Gasteiger partial charge in [0.15, 0.2) is 0 Å². The number of nitrogens with zero attached hydrogens (tertiary/aromatic N) is 1. The predicted octanol–water partition coefficient (Wildman–Crippen LogP) is 1.64. The van der Waals surface area contributed by atoms with Crippen LogP contribution in [-0.4, -0.2) is 49.6 Å². The third-order valence-corrected chi connectivity index (χ3v) is 3.39. The summed E-state index contributed by atoms with van der Waals surface area (Å²) in [6.07, 6.45) is 1.98. The van der Waals surface area contributed by atoms with Crippen molar-refractivity contribution in [3.05, 3.63) is 29.3 Å². The first-order valence-corrected chi connectivity index (χ1v) is 7.58. The second-order valence-corrected chi connectivity index (χ2v) is 5.77. The summed E-state index contributed by atoms with van der Waals surface area (Å²) < 4.78 is 5.54. The number of hydrogen-bond acceptors (Lipinski definition) is 4. The van der Waals surface area contributed by atoms with Crippen molar-refractivity contribution in [3.63, 3.8) is 0 Å². The van der Waals surface area contributed by atoms with Crippen molar-refractivity contribution in [2.24, 2.45) is 0 Å². The molecule has 0 spiro atoms. The lowest BCUT2D eigenvalue weighted by Gasteiger charge is -2.16. The molecule has 0 saturated heterocycles. The molecule has 0 radical (unpaired) electrons. The lowest BCUT2D eigenvalue weighted by atomic mass is 10.3. The van der Waals surface area contributed by atoms with E-state index in [-0.39, 0.29) is 18.5 Å². The number of rotatable bonds is 7. The number of halogens is 1. The third kappa shape index (κ3) is 6.32. The molecule has 120 valence electrons. The highest BCUT2D eigenvalue weighted by Gasteiger charge is 2.23. The van der Waals surface area contributed by atoms with Crippen LogP contribution >= 0.6 is 11.6 Å². The summed E-state index contributed by atoms with van der Waals surface area (Å²) in [5.41, 5.74) is 0. The van der Waals surface area contributed by atoms with Crippen molar-refractivity contribution >= 4 is 23.5 Å². The summed E-state index contributed by atoms with van der Waals surface area (Å²) >= 11 is 5.79. The summed E-state index contributed by atoms with van der Waals surface area (Å²) in [6, 6.07) is 6.91. The number of likely N-dealkylation sites (N-methyl/N-ethyl adjacent to an activating group) is 1. The van der Waals surface area contributed by atoms with E-state index < -0.39 is 6.03 Å². The van der Waals surface area contributed by atoms with Gasteiger partial charge in [-0.1, -0.05) is 11.6 Å². The molecule has 1 aliphatic carbocycles. The predicted molar refractivity (Wildman–Crippen MR) is 84.1 cm³/mol. The maximum atomic E-state index is 11.7. The van der Waals surface area contributed by atoms with E-state index in [4.69, 9.17) is 16.3 Å². The fourth-order valence-electron chi connectivity index (χ4n) is 1.79. The van der Waals surface area contributed by atoms with Gasteiger partial charge in [0.2, 0.25) is 5.91 Å².